The van der Waals surface area contributed by atoms with Gasteiger partial charge in [-0.15, -0.1) is 0 Å². The Labute approximate surface area is 277 Å². The van der Waals surface area contributed by atoms with Crippen LogP contribution in [0.25, 0.3) is 0 Å². The fourth-order valence-electron chi connectivity index (χ4n) is 2.99. The molecule has 0 saturated carbocycles. The molecule has 1 aliphatic heterocycles. The monoisotopic (exact) mass is 662 g/mol. The van der Waals surface area contributed by atoms with E-state index in [1.54, 1.807) is 6.07 Å². The van der Waals surface area contributed by atoms with Gasteiger partial charge in [-0.05, 0) is 12.1 Å². The lowest BCUT2D eigenvalue weighted by atomic mass is 9.99. The van der Waals surface area contributed by atoms with E-state index in [4.69, 9.17) is 27.0 Å². The number of aliphatic hydroxyl groups excluding tert-OH is 3. The topological polar surface area (TPSA) is 185 Å². The number of hydrogen-bond donors (Lipinski definition) is 4. The largest absolute Gasteiger partial charge is 0.528 e. The summed E-state index contributed by atoms with van der Waals surface area (Å²) >= 11 is 0. The van der Waals surface area contributed by atoms with Crippen LogP contribution in [0.2, 0.25) is 0 Å². The van der Waals surface area contributed by atoms with Gasteiger partial charge in [0.2, 0.25) is 6.29 Å². The van der Waals surface area contributed by atoms with Crippen molar-refractivity contribution in [2.24, 2.45) is 0 Å². The Morgan fingerprint density at radius 1 is 0.848 bits per heavy atom. The number of rotatable bonds is 9. The molecule has 2 amide bonds. The molecule has 0 bridgehead atoms. The Kier molecular flexibility index (Phi) is 32.8. The molecule has 0 aromatic heterocycles. The highest BCUT2D eigenvalue weighted by atomic mass is 16.7. The van der Waals surface area contributed by atoms with Gasteiger partial charge in [0.25, 0.3) is 0 Å². The van der Waals surface area contributed by atoms with Gasteiger partial charge in [0.15, 0.2) is 6.10 Å². The predicted molar refractivity (Wildman–Crippen MR) is 177 cm³/mol. The summed E-state index contributed by atoms with van der Waals surface area (Å²) in [5, 5.41) is 39.2. The van der Waals surface area contributed by atoms with Crippen LogP contribution in [-0.4, -0.2) is 121 Å². The molecule has 1 aliphatic rings. The highest BCUT2D eigenvalue weighted by Gasteiger charge is 2.48. The number of methoxy groups -OCH3 is 1. The van der Waals surface area contributed by atoms with Crippen molar-refractivity contribution in [1.82, 2.24) is 9.80 Å². The van der Waals surface area contributed by atoms with Gasteiger partial charge in [-0.2, -0.15) is 0 Å². The molecule has 5 atom stereocenters. The fourth-order valence-corrected chi connectivity index (χ4v) is 2.99. The van der Waals surface area contributed by atoms with E-state index >= 15 is 0 Å². The van der Waals surface area contributed by atoms with Gasteiger partial charge in [0, 0.05) is 38.8 Å². The Balaban J connectivity index is -0.000000716. The summed E-state index contributed by atoms with van der Waals surface area (Å²) in [7, 11) is 9.07. The molecule has 1 aromatic carbocycles. The summed E-state index contributed by atoms with van der Waals surface area (Å²) in [4.78, 5) is 37.3. The van der Waals surface area contributed by atoms with Crippen LogP contribution in [0.15, 0.2) is 18.2 Å². The van der Waals surface area contributed by atoms with Gasteiger partial charge >= 0.3 is 26.2 Å². The van der Waals surface area contributed by atoms with Crippen LogP contribution in [0.5, 0.6) is 11.5 Å². The van der Waals surface area contributed by atoms with E-state index in [1.807, 2.05) is 55.4 Å². The highest BCUT2D eigenvalue weighted by Crippen LogP contribution is 2.30. The van der Waals surface area contributed by atoms with E-state index in [0.29, 0.717) is 11.3 Å². The minimum absolute atomic E-state index is 0.00186. The zero-order chi connectivity index (χ0) is 37.0. The SMILES string of the molecule is CC.CC.CC.CC.CCC.[B]OC(=O)N(C)CCN(C)C(=O)OCc1ccc(OC)cc1O[C@@H]1O[C@H](C(=O)O)[C@@H](O)[C@H](O)[C@H]1O. The Hall–Kier alpha value is -3.27. The summed E-state index contributed by atoms with van der Waals surface area (Å²) in [6.45, 7) is 20.2. The fraction of sp³-hybridized carbons (Fsp3) is 0.710. The lowest BCUT2D eigenvalue weighted by Gasteiger charge is -2.38. The van der Waals surface area contributed by atoms with Gasteiger partial charge in [-0.1, -0.05) is 75.7 Å². The standard InChI is InChI=1S/C20H27BN2O12.C3H8.4C2H6/c1-22(6-7-23(2)20(30)35-21)19(29)32-9-10-4-5-11(31-3)8-12(10)33-18-15(26)13(24)14(25)16(34-18)17(27)28;1-3-2;4*1-2/h4-5,8,13-16,18,24-26H,6-7,9H2,1-3H3,(H,27,28);3H2,1-2H3;4*1-2H3/t13-,14-,15+,16-,18+;;;;;/m0...../s1. The number of carbonyl (C=O) groups excluding carboxylic acids is 2. The Morgan fingerprint density at radius 2 is 1.33 bits per heavy atom. The number of likely N-dealkylation sites (N-methyl/N-ethyl adjacent to an activating group) is 2. The molecule has 15 heteroatoms. The van der Waals surface area contributed by atoms with E-state index in [1.165, 1.54) is 44.7 Å². The number of carbonyl (C=O) groups is 3. The second-order valence-electron chi connectivity index (χ2n) is 8.32. The first-order chi connectivity index (χ1) is 21.9. The number of amides is 2. The molecule has 1 heterocycles. The molecule has 2 radical (unpaired) electrons. The molecule has 0 spiro atoms. The van der Waals surface area contributed by atoms with Crippen molar-refractivity contribution in [1.29, 1.82) is 0 Å². The quantitative estimate of drug-likeness (QED) is 0.277. The van der Waals surface area contributed by atoms with Crippen molar-refractivity contribution >= 4 is 26.2 Å². The number of carboxylic acids is 1. The normalized spacial score (nSPS) is 18.9. The molecule has 4 N–H and O–H groups in total. The zero-order valence-corrected chi connectivity index (χ0v) is 30.0. The van der Waals surface area contributed by atoms with Crippen LogP contribution in [0.1, 0.15) is 81.2 Å². The number of hydrogen-bond acceptors (Lipinski definition) is 11. The summed E-state index contributed by atoms with van der Waals surface area (Å²) in [6.07, 6.45) is -9.31. The molecule has 14 nitrogen and oxygen atoms in total. The van der Waals surface area contributed by atoms with Crippen molar-refractivity contribution in [2.45, 2.75) is 113 Å². The van der Waals surface area contributed by atoms with Crippen LogP contribution in [0.3, 0.4) is 0 Å². The molecular formula is C31H59BN2O12. The third-order valence-corrected chi connectivity index (χ3v) is 5.18. The van der Waals surface area contributed by atoms with Crippen LogP contribution < -0.4 is 9.47 Å². The lowest BCUT2D eigenvalue weighted by Crippen LogP contribution is -2.61. The maximum Gasteiger partial charge on any atom is 0.409 e. The van der Waals surface area contributed by atoms with Crippen molar-refractivity contribution in [3.8, 4) is 11.5 Å². The first-order valence-electron chi connectivity index (χ1n) is 15.7. The van der Waals surface area contributed by atoms with E-state index in [0.717, 1.165) is 4.90 Å². The average Bonchev–Trinajstić information content (AvgIpc) is 3.09. The maximum absolute atomic E-state index is 12.3. The van der Waals surface area contributed by atoms with Crippen molar-refractivity contribution in [3.05, 3.63) is 23.8 Å². The highest BCUT2D eigenvalue weighted by molar-refractivity contribution is 6.04. The molecule has 1 fully saturated rings. The van der Waals surface area contributed by atoms with Gasteiger partial charge in [0.05, 0.1) is 7.11 Å². The van der Waals surface area contributed by atoms with Gasteiger partial charge in [-0.3, -0.25) is 0 Å². The third kappa shape index (κ3) is 18.0. The number of aliphatic carboxylic acids is 1. The zero-order valence-electron chi connectivity index (χ0n) is 30.0. The van der Waals surface area contributed by atoms with Crippen LogP contribution in [0.4, 0.5) is 9.59 Å². The number of aliphatic hydroxyl groups is 3. The number of ether oxygens (including phenoxy) is 4. The minimum Gasteiger partial charge on any atom is -0.528 e. The van der Waals surface area contributed by atoms with Gasteiger partial charge in [-0.25, -0.2) is 14.4 Å². The molecule has 1 saturated heterocycles. The minimum atomic E-state index is -1.88. The van der Waals surface area contributed by atoms with E-state index in [-0.39, 0.29) is 25.4 Å². The predicted octanol–water partition coefficient (Wildman–Crippen LogP) is 4.21. The number of nitrogens with zero attached hydrogens (tertiary/aromatic N) is 2. The molecule has 0 aliphatic carbocycles. The Bertz CT molecular complexity index is 926. The lowest BCUT2D eigenvalue weighted by molar-refractivity contribution is -0.271. The van der Waals surface area contributed by atoms with Crippen molar-refractivity contribution in [3.63, 3.8) is 0 Å². The molecule has 268 valence electrons. The maximum atomic E-state index is 12.3. The summed E-state index contributed by atoms with van der Waals surface area (Å²) in [6, 6.07) is 4.43. The summed E-state index contributed by atoms with van der Waals surface area (Å²) < 4.78 is 25.2. The molecule has 1 aromatic rings. The third-order valence-electron chi connectivity index (χ3n) is 5.18. The smallest absolute Gasteiger partial charge is 0.409 e. The second-order valence-corrected chi connectivity index (χ2v) is 8.32. The summed E-state index contributed by atoms with van der Waals surface area (Å²) in [5.41, 5.74) is 0.291. The van der Waals surface area contributed by atoms with E-state index < -0.39 is 48.9 Å². The summed E-state index contributed by atoms with van der Waals surface area (Å²) in [5.74, 6) is -1.24. The van der Waals surface area contributed by atoms with Gasteiger partial charge < -0.3 is 53.8 Å². The molecule has 2 rings (SSSR count). The van der Waals surface area contributed by atoms with Gasteiger partial charge in [0.1, 0.15) is 36.4 Å². The first kappa shape index (κ1) is 49.6. The van der Waals surface area contributed by atoms with Crippen molar-refractivity contribution in [2.75, 3.05) is 34.3 Å². The van der Waals surface area contributed by atoms with Crippen molar-refractivity contribution < 1.29 is 58.4 Å². The van der Waals surface area contributed by atoms with Crippen LogP contribution in [0, 0.1) is 0 Å². The molecule has 0 unspecified atom stereocenters. The average molecular weight is 663 g/mol. The van der Waals surface area contributed by atoms with E-state index in [9.17, 15) is 34.8 Å². The Morgan fingerprint density at radius 3 is 1.76 bits per heavy atom. The molecular weight excluding hydrogens is 603 g/mol. The van der Waals surface area contributed by atoms with Crippen LogP contribution in [-0.2, 0) is 25.5 Å². The number of carboxylic acid groups (broad SMARTS) is 1. The van der Waals surface area contributed by atoms with Crippen LogP contribution >= 0.6 is 0 Å². The number of benzene rings is 1. The molecule has 46 heavy (non-hydrogen) atoms. The van der Waals surface area contributed by atoms with E-state index in [2.05, 4.69) is 18.5 Å². The second kappa shape index (κ2) is 30.4. The first-order valence-corrected chi connectivity index (χ1v) is 15.7.